The standard InChI is InChI=1S/C14H10N5O3S.C5H5.Fe/c15-18-13(16-17-14(18)23)9-5-6-11(19(21)22)12(10(9)7-20)8-3-1-2-4-8;1-2-4-5-3-1;/h1-7H,15H2,(H,17,23);1-5H;/q2*-1;+2. The van der Waals surface area contributed by atoms with Crippen molar-refractivity contribution in [3.63, 3.8) is 0 Å². The molecule has 0 aliphatic carbocycles. The quantitative estimate of drug-likeness (QED) is 0.0938. The average molecular weight is 449 g/mol. The molecule has 0 spiro atoms. The Morgan fingerprint density at radius 3 is 2.28 bits per heavy atom. The molecule has 29 heavy (non-hydrogen) atoms. The molecule has 0 fully saturated rings. The summed E-state index contributed by atoms with van der Waals surface area (Å²) in [4.78, 5) is 22.5. The van der Waals surface area contributed by atoms with Crippen LogP contribution in [0.2, 0.25) is 0 Å². The predicted octanol–water partition coefficient (Wildman–Crippen LogP) is 3.46. The normalized spacial score (nSPS) is 9.83. The topological polar surface area (TPSA) is 117 Å². The van der Waals surface area contributed by atoms with E-state index >= 15 is 0 Å². The average Bonchev–Trinajstić information content (AvgIpc) is 3.46. The van der Waals surface area contributed by atoms with Gasteiger partial charge >= 0.3 is 17.1 Å². The van der Waals surface area contributed by atoms with Crippen LogP contribution in [0.5, 0.6) is 0 Å². The van der Waals surface area contributed by atoms with Gasteiger partial charge in [-0.3, -0.25) is 10.1 Å². The van der Waals surface area contributed by atoms with Gasteiger partial charge in [0.1, 0.15) is 6.29 Å². The van der Waals surface area contributed by atoms with Gasteiger partial charge < -0.3 is 10.6 Å². The van der Waals surface area contributed by atoms with Gasteiger partial charge in [0, 0.05) is 4.92 Å². The number of carbonyl (C=O) groups is 1. The monoisotopic (exact) mass is 449 g/mol. The summed E-state index contributed by atoms with van der Waals surface area (Å²) in [7, 11) is 0. The summed E-state index contributed by atoms with van der Waals surface area (Å²) in [6, 6.07) is 19.6. The minimum absolute atomic E-state index is 0. The van der Waals surface area contributed by atoms with Gasteiger partial charge in [0.2, 0.25) is 10.8 Å². The zero-order valence-corrected chi connectivity index (χ0v) is 16.8. The van der Waals surface area contributed by atoms with Crippen molar-refractivity contribution in [2.75, 3.05) is 5.84 Å². The Balaban J connectivity index is 0.000000437. The van der Waals surface area contributed by atoms with Crippen LogP contribution in [0.4, 0.5) is 5.69 Å². The van der Waals surface area contributed by atoms with E-state index < -0.39 is 4.92 Å². The summed E-state index contributed by atoms with van der Waals surface area (Å²) in [5.41, 5.74) is 1.08. The number of nitro groups is 1. The summed E-state index contributed by atoms with van der Waals surface area (Å²) in [6.07, 6.45) is 0.553. The number of thiol groups is 1. The Morgan fingerprint density at radius 2 is 1.83 bits per heavy atom. The SMILES string of the molecule is Nn1c(S)nnc1-c1ccc([N+](=O)[O-])c(-[c-]2cccc2)c1C=O.[Fe+2].c1cc[cH-]c1. The van der Waals surface area contributed by atoms with Crippen molar-refractivity contribution in [3.05, 3.63) is 82.4 Å². The molecule has 0 aliphatic heterocycles. The fourth-order valence-electron chi connectivity index (χ4n) is 2.71. The number of hydrogen-bond donors (Lipinski definition) is 2. The molecule has 1 heterocycles. The van der Waals surface area contributed by atoms with Crippen molar-refractivity contribution in [1.29, 1.82) is 0 Å². The number of nitrogens with zero attached hydrogens (tertiary/aromatic N) is 4. The number of rotatable bonds is 4. The number of nitrogen functional groups attached to an aromatic ring is 1. The minimum Gasteiger partial charge on any atom is -0.335 e. The van der Waals surface area contributed by atoms with Crippen LogP contribution >= 0.6 is 12.6 Å². The van der Waals surface area contributed by atoms with Crippen LogP contribution in [-0.4, -0.2) is 26.1 Å². The van der Waals surface area contributed by atoms with E-state index in [9.17, 15) is 14.9 Å². The molecule has 0 unspecified atom stereocenters. The predicted molar refractivity (Wildman–Crippen MR) is 108 cm³/mol. The van der Waals surface area contributed by atoms with Crippen LogP contribution in [-0.2, 0) is 17.1 Å². The van der Waals surface area contributed by atoms with Crippen LogP contribution < -0.4 is 5.84 Å². The van der Waals surface area contributed by atoms with Gasteiger partial charge in [-0.15, -0.1) is 35.0 Å². The Hall–Kier alpha value is -3.20. The zero-order chi connectivity index (χ0) is 20.1. The third-order valence-electron chi connectivity index (χ3n) is 3.96. The molecule has 0 amide bonds. The van der Waals surface area contributed by atoms with Gasteiger partial charge in [0.05, 0.1) is 0 Å². The molecule has 148 valence electrons. The van der Waals surface area contributed by atoms with Gasteiger partial charge in [-0.05, 0) is 22.8 Å². The van der Waals surface area contributed by atoms with Crippen molar-refractivity contribution >= 4 is 24.6 Å². The van der Waals surface area contributed by atoms with E-state index in [4.69, 9.17) is 5.84 Å². The summed E-state index contributed by atoms with van der Waals surface area (Å²) in [6.45, 7) is 0. The van der Waals surface area contributed by atoms with E-state index in [1.807, 2.05) is 30.3 Å². The van der Waals surface area contributed by atoms with E-state index in [0.29, 0.717) is 17.4 Å². The molecule has 0 bridgehead atoms. The van der Waals surface area contributed by atoms with Crippen LogP contribution in [0.3, 0.4) is 0 Å². The van der Waals surface area contributed by atoms with Crippen molar-refractivity contribution in [3.8, 4) is 22.5 Å². The number of benzene rings is 1. The first kappa shape index (κ1) is 22.1. The van der Waals surface area contributed by atoms with Crippen LogP contribution in [0, 0.1) is 10.1 Å². The van der Waals surface area contributed by atoms with E-state index in [-0.39, 0.29) is 44.9 Å². The largest absolute Gasteiger partial charge is 2.00 e. The summed E-state index contributed by atoms with van der Waals surface area (Å²) >= 11 is 4.04. The molecule has 0 radical (unpaired) electrons. The molecular formula is C19H15FeN5O3S. The van der Waals surface area contributed by atoms with Crippen LogP contribution in [0.15, 0.2) is 71.9 Å². The van der Waals surface area contributed by atoms with Crippen LogP contribution in [0.25, 0.3) is 22.5 Å². The maximum atomic E-state index is 11.7. The number of aromatic nitrogens is 3. The second kappa shape index (κ2) is 9.83. The molecule has 3 aromatic carbocycles. The number of nitrogens with two attached hydrogens (primary N) is 1. The van der Waals surface area contributed by atoms with Gasteiger partial charge in [-0.25, -0.2) is 16.8 Å². The fourth-order valence-corrected chi connectivity index (χ4v) is 2.85. The molecule has 4 rings (SSSR count). The minimum atomic E-state index is -0.531. The fraction of sp³-hybridized carbons (Fsp3) is 0. The molecule has 10 heteroatoms. The van der Waals surface area contributed by atoms with Gasteiger partial charge in [0.25, 0.3) is 0 Å². The smallest absolute Gasteiger partial charge is 0.335 e. The summed E-state index contributed by atoms with van der Waals surface area (Å²) in [5, 5.41) is 19.1. The second-order valence-corrected chi connectivity index (χ2v) is 6.03. The van der Waals surface area contributed by atoms with Crippen molar-refractivity contribution in [2.24, 2.45) is 0 Å². The number of nitro benzene ring substituents is 1. The van der Waals surface area contributed by atoms with Crippen molar-refractivity contribution in [2.45, 2.75) is 5.16 Å². The van der Waals surface area contributed by atoms with Gasteiger partial charge in [0.15, 0.2) is 5.82 Å². The first-order valence-electron chi connectivity index (χ1n) is 8.09. The first-order valence-corrected chi connectivity index (χ1v) is 8.54. The first-order chi connectivity index (χ1) is 13.5. The maximum absolute atomic E-state index is 11.7. The molecule has 1 aromatic heterocycles. The third kappa shape index (κ3) is 4.62. The van der Waals surface area contributed by atoms with Crippen molar-refractivity contribution in [1.82, 2.24) is 14.9 Å². The van der Waals surface area contributed by atoms with E-state index in [1.54, 1.807) is 24.3 Å². The Bertz CT molecular complexity index is 1070. The molecule has 0 atom stereocenters. The third-order valence-corrected chi connectivity index (χ3v) is 4.27. The molecule has 0 saturated heterocycles. The number of carbonyl (C=O) groups excluding carboxylic acids is 1. The Morgan fingerprint density at radius 1 is 1.17 bits per heavy atom. The molecule has 4 aromatic rings. The molecule has 0 aliphatic rings. The molecular weight excluding hydrogens is 434 g/mol. The zero-order valence-electron chi connectivity index (χ0n) is 14.8. The molecule has 2 N–H and O–H groups in total. The maximum Gasteiger partial charge on any atom is 2.00 e. The molecule has 8 nitrogen and oxygen atoms in total. The molecule has 0 saturated carbocycles. The van der Waals surface area contributed by atoms with E-state index in [0.717, 1.165) is 4.68 Å². The van der Waals surface area contributed by atoms with E-state index in [2.05, 4.69) is 22.8 Å². The Kier molecular flexibility index (Phi) is 7.49. The summed E-state index contributed by atoms with van der Waals surface area (Å²) < 4.78 is 1.10. The van der Waals surface area contributed by atoms with Gasteiger partial charge in [-0.2, -0.15) is 30.3 Å². The summed E-state index contributed by atoms with van der Waals surface area (Å²) in [5.74, 6) is 5.98. The van der Waals surface area contributed by atoms with Gasteiger partial charge in [-0.1, -0.05) is 11.6 Å². The Labute approximate surface area is 182 Å². The van der Waals surface area contributed by atoms with E-state index in [1.165, 1.54) is 12.1 Å². The van der Waals surface area contributed by atoms with Crippen LogP contribution in [0.1, 0.15) is 10.4 Å². The second-order valence-electron chi connectivity index (χ2n) is 5.63. The number of hydrogen-bond acceptors (Lipinski definition) is 7. The number of aldehydes is 1. The van der Waals surface area contributed by atoms with Crippen molar-refractivity contribution < 1.29 is 26.8 Å².